The van der Waals surface area contributed by atoms with Crippen molar-refractivity contribution in [3.8, 4) is 17.1 Å². The molecular weight excluding hydrogens is 333 g/mol. The topological polar surface area (TPSA) is 64.0 Å². The van der Waals surface area contributed by atoms with E-state index < -0.39 is 0 Å². The molecular formula is C19H18FN5O. The third kappa shape index (κ3) is 3.25. The summed E-state index contributed by atoms with van der Waals surface area (Å²) in [5, 5.41) is 0. The van der Waals surface area contributed by atoms with Gasteiger partial charge in [0.15, 0.2) is 5.82 Å². The van der Waals surface area contributed by atoms with Gasteiger partial charge in [-0.2, -0.15) is 0 Å². The van der Waals surface area contributed by atoms with Crippen molar-refractivity contribution in [2.24, 2.45) is 0 Å². The molecule has 3 heterocycles. The van der Waals surface area contributed by atoms with Crippen LogP contribution in [-0.2, 0) is 19.5 Å². The van der Waals surface area contributed by atoms with Gasteiger partial charge in [0.25, 0.3) is 0 Å². The van der Waals surface area contributed by atoms with Gasteiger partial charge < -0.3 is 4.74 Å². The quantitative estimate of drug-likeness (QED) is 0.720. The van der Waals surface area contributed by atoms with Crippen LogP contribution >= 0.6 is 0 Å². The van der Waals surface area contributed by atoms with Crippen molar-refractivity contribution in [3.63, 3.8) is 0 Å². The zero-order valence-electron chi connectivity index (χ0n) is 14.4. The number of fused-ring (bicyclic) bond motifs is 1. The lowest BCUT2D eigenvalue weighted by molar-refractivity contribution is 0.235. The number of hydrogen-bond acceptors (Lipinski definition) is 6. The van der Waals surface area contributed by atoms with Crippen molar-refractivity contribution in [1.82, 2.24) is 24.8 Å². The lowest BCUT2D eigenvalue weighted by Crippen LogP contribution is -2.31. The van der Waals surface area contributed by atoms with Crippen molar-refractivity contribution in [2.75, 3.05) is 13.7 Å². The van der Waals surface area contributed by atoms with Crippen LogP contribution in [-0.4, -0.2) is 38.5 Å². The van der Waals surface area contributed by atoms with Gasteiger partial charge in [-0.15, -0.1) is 0 Å². The van der Waals surface area contributed by atoms with Crippen LogP contribution < -0.4 is 4.74 Å². The SMILES string of the molecule is COc1cccc(F)c1CN1CCc2nc(-c3cncnc3)ncc2C1. The van der Waals surface area contributed by atoms with Crippen LogP contribution in [0.2, 0.25) is 0 Å². The fourth-order valence-corrected chi connectivity index (χ4v) is 3.17. The average Bonchev–Trinajstić information content (AvgIpc) is 2.69. The number of aromatic nitrogens is 4. The molecule has 26 heavy (non-hydrogen) atoms. The number of nitrogens with zero attached hydrogens (tertiary/aromatic N) is 5. The van der Waals surface area contributed by atoms with E-state index in [1.165, 1.54) is 12.4 Å². The minimum absolute atomic E-state index is 0.245. The molecule has 0 saturated carbocycles. The predicted molar refractivity (Wildman–Crippen MR) is 93.8 cm³/mol. The highest BCUT2D eigenvalue weighted by atomic mass is 19.1. The zero-order chi connectivity index (χ0) is 17.9. The Bertz CT molecular complexity index is 919. The number of ether oxygens (including phenoxy) is 1. The average molecular weight is 351 g/mol. The van der Waals surface area contributed by atoms with Gasteiger partial charge in [-0.1, -0.05) is 6.07 Å². The Morgan fingerprint density at radius 2 is 2.04 bits per heavy atom. The van der Waals surface area contributed by atoms with Gasteiger partial charge in [-0.3, -0.25) is 4.90 Å². The molecule has 6 nitrogen and oxygen atoms in total. The van der Waals surface area contributed by atoms with Gasteiger partial charge in [-0.25, -0.2) is 24.3 Å². The molecule has 3 aromatic rings. The first-order chi connectivity index (χ1) is 12.7. The van der Waals surface area contributed by atoms with Gasteiger partial charge in [-0.05, 0) is 12.1 Å². The second-order valence-corrected chi connectivity index (χ2v) is 6.17. The van der Waals surface area contributed by atoms with Crippen LogP contribution in [0.25, 0.3) is 11.4 Å². The molecule has 1 aromatic carbocycles. The fraction of sp³-hybridized carbons (Fsp3) is 0.263. The minimum atomic E-state index is -0.245. The lowest BCUT2D eigenvalue weighted by Gasteiger charge is -2.28. The van der Waals surface area contributed by atoms with Crippen molar-refractivity contribution >= 4 is 0 Å². The number of halogens is 1. The minimum Gasteiger partial charge on any atom is -0.496 e. The fourth-order valence-electron chi connectivity index (χ4n) is 3.17. The number of benzene rings is 1. The second-order valence-electron chi connectivity index (χ2n) is 6.17. The Labute approximate surface area is 150 Å². The molecule has 0 aliphatic carbocycles. The summed E-state index contributed by atoms with van der Waals surface area (Å²) in [6, 6.07) is 4.91. The molecule has 0 spiro atoms. The van der Waals surface area contributed by atoms with Gasteiger partial charge in [0.1, 0.15) is 17.9 Å². The van der Waals surface area contributed by atoms with Crippen LogP contribution in [0, 0.1) is 5.82 Å². The van der Waals surface area contributed by atoms with E-state index in [4.69, 9.17) is 4.74 Å². The third-order valence-electron chi connectivity index (χ3n) is 4.51. The molecule has 0 unspecified atom stereocenters. The van der Waals surface area contributed by atoms with Crippen molar-refractivity contribution < 1.29 is 9.13 Å². The van der Waals surface area contributed by atoms with E-state index in [1.54, 1.807) is 31.6 Å². The maximum atomic E-state index is 14.2. The van der Waals surface area contributed by atoms with E-state index >= 15 is 0 Å². The molecule has 0 amide bonds. The van der Waals surface area contributed by atoms with Crippen LogP contribution in [0.1, 0.15) is 16.8 Å². The Morgan fingerprint density at radius 3 is 2.85 bits per heavy atom. The summed E-state index contributed by atoms with van der Waals surface area (Å²) >= 11 is 0. The number of hydrogen-bond donors (Lipinski definition) is 0. The summed E-state index contributed by atoms with van der Waals surface area (Å²) in [5.41, 5.74) is 3.47. The van der Waals surface area contributed by atoms with Gasteiger partial charge in [0.2, 0.25) is 0 Å². The molecule has 4 rings (SSSR count). The number of rotatable bonds is 4. The highest BCUT2D eigenvalue weighted by molar-refractivity contribution is 5.52. The smallest absolute Gasteiger partial charge is 0.162 e. The Balaban J connectivity index is 1.54. The highest BCUT2D eigenvalue weighted by Crippen LogP contribution is 2.26. The summed E-state index contributed by atoms with van der Waals surface area (Å²) < 4.78 is 19.5. The first kappa shape index (κ1) is 16.5. The molecule has 0 fully saturated rings. The summed E-state index contributed by atoms with van der Waals surface area (Å²) in [5.74, 6) is 0.964. The first-order valence-corrected chi connectivity index (χ1v) is 8.38. The molecule has 7 heteroatoms. The maximum Gasteiger partial charge on any atom is 0.162 e. The van der Waals surface area contributed by atoms with E-state index in [-0.39, 0.29) is 5.82 Å². The molecule has 2 aromatic heterocycles. The Hall–Kier alpha value is -2.93. The first-order valence-electron chi connectivity index (χ1n) is 8.38. The standard InChI is InChI=1S/C19H18FN5O/c1-26-18-4-2-3-16(20)15(18)11-25-6-5-17-14(10-25)9-23-19(24-17)13-7-21-12-22-8-13/h2-4,7-9,12H,5-6,10-11H2,1H3. The van der Waals surface area contributed by atoms with E-state index in [1.807, 2.05) is 6.20 Å². The van der Waals surface area contributed by atoms with Crippen LogP contribution in [0.4, 0.5) is 4.39 Å². The molecule has 0 saturated heterocycles. The predicted octanol–water partition coefficient (Wildman–Crippen LogP) is 2.64. The van der Waals surface area contributed by atoms with Gasteiger partial charge >= 0.3 is 0 Å². The third-order valence-corrected chi connectivity index (χ3v) is 4.51. The molecule has 1 aliphatic heterocycles. The van der Waals surface area contributed by atoms with Crippen LogP contribution in [0.3, 0.4) is 0 Å². The molecule has 132 valence electrons. The molecule has 0 bridgehead atoms. The summed E-state index contributed by atoms with van der Waals surface area (Å²) in [4.78, 5) is 19.3. The van der Waals surface area contributed by atoms with Gasteiger partial charge in [0, 0.05) is 55.8 Å². The van der Waals surface area contributed by atoms with E-state index in [9.17, 15) is 4.39 Å². The molecule has 0 atom stereocenters. The number of methoxy groups -OCH3 is 1. The highest BCUT2D eigenvalue weighted by Gasteiger charge is 2.21. The zero-order valence-corrected chi connectivity index (χ0v) is 14.4. The van der Waals surface area contributed by atoms with E-state index in [0.29, 0.717) is 30.2 Å². The molecule has 0 radical (unpaired) electrons. The molecule has 1 aliphatic rings. The Kier molecular flexibility index (Phi) is 4.53. The lowest BCUT2D eigenvalue weighted by atomic mass is 10.1. The van der Waals surface area contributed by atoms with Crippen molar-refractivity contribution in [3.05, 3.63) is 65.8 Å². The molecule has 0 N–H and O–H groups in total. The monoisotopic (exact) mass is 351 g/mol. The van der Waals surface area contributed by atoms with E-state index in [0.717, 1.165) is 29.8 Å². The summed E-state index contributed by atoms with van der Waals surface area (Å²) in [7, 11) is 1.56. The van der Waals surface area contributed by atoms with Crippen LogP contribution in [0.5, 0.6) is 5.75 Å². The van der Waals surface area contributed by atoms with Gasteiger partial charge in [0.05, 0.1) is 18.4 Å². The van der Waals surface area contributed by atoms with Crippen LogP contribution in [0.15, 0.2) is 43.1 Å². The van der Waals surface area contributed by atoms with Crippen molar-refractivity contribution in [2.45, 2.75) is 19.5 Å². The van der Waals surface area contributed by atoms with Crippen molar-refractivity contribution in [1.29, 1.82) is 0 Å². The normalized spacial score (nSPS) is 14.1. The summed E-state index contributed by atoms with van der Waals surface area (Å²) in [6.45, 7) is 1.97. The summed E-state index contributed by atoms with van der Waals surface area (Å²) in [6.07, 6.45) is 7.52. The van der Waals surface area contributed by atoms with E-state index in [2.05, 4.69) is 24.8 Å². The Morgan fingerprint density at radius 1 is 1.19 bits per heavy atom. The maximum absolute atomic E-state index is 14.2. The second kappa shape index (κ2) is 7.13. The largest absolute Gasteiger partial charge is 0.496 e.